The Kier molecular flexibility index (Phi) is 10.2. The summed E-state index contributed by atoms with van der Waals surface area (Å²) in [5.41, 5.74) is 2.40. The van der Waals surface area contributed by atoms with Gasteiger partial charge in [0.25, 0.3) is 11.1 Å². The van der Waals surface area contributed by atoms with Crippen molar-refractivity contribution in [3.05, 3.63) is 76.2 Å². The van der Waals surface area contributed by atoms with E-state index in [2.05, 4.69) is 6.58 Å². The Balaban J connectivity index is 1.54. The van der Waals surface area contributed by atoms with Crippen LogP contribution in [0.25, 0.3) is 6.08 Å². The normalized spacial score (nSPS) is 16.6. The molecule has 2 fully saturated rings. The van der Waals surface area contributed by atoms with Crippen LogP contribution in [0.1, 0.15) is 59.7 Å². The van der Waals surface area contributed by atoms with Crippen LogP contribution in [0.15, 0.2) is 54.0 Å². The summed E-state index contributed by atoms with van der Waals surface area (Å²) in [7, 11) is 0. The smallest absolute Gasteiger partial charge is 0.335 e. The summed E-state index contributed by atoms with van der Waals surface area (Å²) in [6.07, 6.45) is 7.83. The van der Waals surface area contributed by atoms with Gasteiger partial charge in [-0.1, -0.05) is 31.1 Å². The highest BCUT2D eigenvalue weighted by Gasteiger charge is 2.37. The van der Waals surface area contributed by atoms with Gasteiger partial charge in [0.05, 0.1) is 17.1 Å². The topological polar surface area (TPSA) is 113 Å². The highest BCUT2D eigenvalue weighted by Crippen LogP contribution is 2.38. The molecule has 2 aliphatic rings. The summed E-state index contributed by atoms with van der Waals surface area (Å²) in [4.78, 5) is 52.8. The Morgan fingerprint density at radius 3 is 2.39 bits per heavy atom. The van der Waals surface area contributed by atoms with Gasteiger partial charge in [-0.3, -0.25) is 19.3 Å². The number of amides is 3. The molecule has 0 aromatic heterocycles. The number of carboxylic acid groups (broad SMARTS) is 1. The monoisotopic (exact) mass is 578 g/mol. The minimum absolute atomic E-state index is 0.188. The van der Waals surface area contributed by atoms with Crippen LogP contribution in [0.2, 0.25) is 0 Å². The fourth-order valence-electron chi connectivity index (χ4n) is 4.74. The summed E-state index contributed by atoms with van der Waals surface area (Å²) >= 11 is 0.816. The van der Waals surface area contributed by atoms with Crippen molar-refractivity contribution in [1.29, 1.82) is 0 Å². The third-order valence-corrected chi connectivity index (χ3v) is 7.73. The Labute approximate surface area is 243 Å². The number of hydrogen-bond acceptors (Lipinski definition) is 7. The summed E-state index contributed by atoms with van der Waals surface area (Å²) in [6, 6.07) is 10.0. The Morgan fingerprint density at radius 2 is 1.76 bits per heavy atom. The SMILES string of the molecule is C=CCc1cc(C=C2SC(=O)N(CC(=O)N3CCCCCC3)C2=O)cc(OCC)c1OCc1ccc(C(=O)O)cc1. The van der Waals surface area contributed by atoms with Crippen LogP contribution in [-0.4, -0.2) is 64.2 Å². The van der Waals surface area contributed by atoms with Crippen molar-refractivity contribution in [3.63, 3.8) is 0 Å². The maximum absolute atomic E-state index is 13.2. The fraction of sp³-hybridized carbons (Fsp3) is 0.355. The molecule has 2 aromatic carbocycles. The van der Waals surface area contributed by atoms with Gasteiger partial charge in [0.15, 0.2) is 11.5 Å². The first-order chi connectivity index (χ1) is 19.8. The molecule has 0 radical (unpaired) electrons. The molecular weight excluding hydrogens is 544 g/mol. The van der Waals surface area contributed by atoms with E-state index in [1.807, 2.05) is 13.0 Å². The van der Waals surface area contributed by atoms with Crippen molar-refractivity contribution >= 4 is 40.9 Å². The highest BCUT2D eigenvalue weighted by atomic mass is 32.2. The average molecular weight is 579 g/mol. The minimum atomic E-state index is -0.998. The van der Waals surface area contributed by atoms with E-state index in [1.54, 1.807) is 35.3 Å². The molecule has 0 saturated carbocycles. The molecule has 0 aliphatic carbocycles. The van der Waals surface area contributed by atoms with Crippen LogP contribution in [0.4, 0.5) is 4.79 Å². The lowest BCUT2D eigenvalue weighted by atomic mass is 10.0. The molecule has 0 atom stereocenters. The number of carbonyl (C=O) groups excluding carboxylic acids is 3. The number of allylic oxidation sites excluding steroid dienone is 1. The van der Waals surface area contributed by atoms with Crippen molar-refractivity contribution in [2.24, 2.45) is 0 Å². The second-order valence-electron chi connectivity index (χ2n) is 9.79. The second-order valence-corrected chi connectivity index (χ2v) is 10.8. The van der Waals surface area contributed by atoms with Crippen LogP contribution in [0.5, 0.6) is 11.5 Å². The molecular formula is C31H34N2O7S. The van der Waals surface area contributed by atoms with Gasteiger partial charge in [0.2, 0.25) is 5.91 Å². The number of imide groups is 1. The van der Waals surface area contributed by atoms with E-state index in [1.165, 1.54) is 12.1 Å². The van der Waals surface area contributed by atoms with Gasteiger partial charge in [-0.05, 0) is 79.4 Å². The number of likely N-dealkylation sites (tertiary alicyclic amines) is 1. The van der Waals surface area contributed by atoms with Crippen LogP contribution < -0.4 is 9.47 Å². The van der Waals surface area contributed by atoms with Gasteiger partial charge < -0.3 is 19.5 Å². The number of hydrogen-bond donors (Lipinski definition) is 1. The molecule has 0 unspecified atom stereocenters. The zero-order valence-corrected chi connectivity index (χ0v) is 23.9. The average Bonchev–Trinajstić information content (AvgIpc) is 3.12. The standard InChI is InChI=1S/C31H34N2O7S/c1-3-9-24-16-22(17-25(39-4-2)28(24)40-20-21-10-12-23(13-11-21)30(36)37)18-26-29(35)33(31(38)41-26)19-27(34)32-14-7-5-6-8-15-32/h3,10-13,16-18H,1,4-9,14-15,19-20H2,2H3,(H,36,37). The third-order valence-electron chi connectivity index (χ3n) is 6.83. The number of ether oxygens (including phenoxy) is 2. The number of rotatable bonds is 11. The maximum Gasteiger partial charge on any atom is 0.335 e. The van der Waals surface area contributed by atoms with Crippen LogP contribution in [0.3, 0.4) is 0 Å². The Morgan fingerprint density at radius 1 is 1.05 bits per heavy atom. The second kappa shape index (κ2) is 14.0. The van der Waals surface area contributed by atoms with Gasteiger partial charge in [0, 0.05) is 18.7 Å². The first-order valence-electron chi connectivity index (χ1n) is 13.7. The summed E-state index contributed by atoms with van der Waals surface area (Å²) in [6.45, 7) is 7.30. The predicted octanol–water partition coefficient (Wildman–Crippen LogP) is 5.53. The van der Waals surface area contributed by atoms with E-state index < -0.39 is 17.1 Å². The van der Waals surface area contributed by atoms with Crippen LogP contribution in [-0.2, 0) is 22.6 Å². The number of benzene rings is 2. The number of aromatic carboxylic acids is 1. The first-order valence-corrected chi connectivity index (χ1v) is 14.5. The zero-order chi connectivity index (χ0) is 29.4. The predicted molar refractivity (Wildman–Crippen MR) is 157 cm³/mol. The van der Waals surface area contributed by atoms with E-state index in [0.29, 0.717) is 43.2 Å². The Hall–Kier alpha value is -4.05. The molecule has 0 spiro atoms. The first kappa shape index (κ1) is 29.9. The number of thioether (sulfide) groups is 1. The molecule has 2 aromatic rings. The summed E-state index contributed by atoms with van der Waals surface area (Å²) in [5.74, 6) is -0.710. The Bertz CT molecular complexity index is 1340. The van der Waals surface area contributed by atoms with E-state index in [-0.39, 0.29) is 29.5 Å². The van der Waals surface area contributed by atoms with Crippen molar-refractivity contribution in [2.45, 2.75) is 45.6 Å². The van der Waals surface area contributed by atoms with E-state index >= 15 is 0 Å². The molecule has 10 heteroatoms. The molecule has 2 aliphatic heterocycles. The number of carboxylic acids is 1. The quantitative estimate of drug-likeness (QED) is 0.274. The lowest BCUT2D eigenvalue weighted by Crippen LogP contribution is -2.42. The van der Waals surface area contributed by atoms with Crippen LogP contribution >= 0.6 is 11.8 Å². The molecule has 2 saturated heterocycles. The molecule has 0 bridgehead atoms. The van der Waals surface area contributed by atoms with Crippen molar-refractivity contribution < 1.29 is 33.8 Å². The van der Waals surface area contributed by atoms with Gasteiger partial charge >= 0.3 is 5.97 Å². The van der Waals surface area contributed by atoms with E-state index in [9.17, 15) is 19.2 Å². The van der Waals surface area contributed by atoms with Crippen molar-refractivity contribution in [3.8, 4) is 11.5 Å². The fourth-order valence-corrected chi connectivity index (χ4v) is 5.58. The molecule has 1 N–H and O–H groups in total. The van der Waals surface area contributed by atoms with Gasteiger partial charge in [-0.2, -0.15) is 0 Å². The number of nitrogens with zero attached hydrogens (tertiary/aromatic N) is 2. The molecule has 3 amide bonds. The third kappa shape index (κ3) is 7.58. The number of carbonyl (C=O) groups is 4. The van der Waals surface area contributed by atoms with E-state index in [4.69, 9.17) is 14.6 Å². The molecule has 216 valence electrons. The highest BCUT2D eigenvalue weighted by molar-refractivity contribution is 8.18. The molecule has 4 rings (SSSR count). The maximum atomic E-state index is 13.2. The van der Waals surface area contributed by atoms with Gasteiger partial charge in [-0.15, -0.1) is 6.58 Å². The zero-order valence-electron chi connectivity index (χ0n) is 23.1. The summed E-state index contributed by atoms with van der Waals surface area (Å²) < 4.78 is 12.0. The van der Waals surface area contributed by atoms with Crippen molar-refractivity contribution in [1.82, 2.24) is 9.80 Å². The molecule has 9 nitrogen and oxygen atoms in total. The van der Waals surface area contributed by atoms with Crippen LogP contribution in [0, 0.1) is 0 Å². The van der Waals surface area contributed by atoms with Gasteiger partial charge in [0.1, 0.15) is 13.2 Å². The van der Waals surface area contributed by atoms with E-state index in [0.717, 1.165) is 53.5 Å². The van der Waals surface area contributed by atoms with Crippen molar-refractivity contribution in [2.75, 3.05) is 26.2 Å². The minimum Gasteiger partial charge on any atom is -0.490 e. The molecule has 41 heavy (non-hydrogen) atoms. The van der Waals surface area contributed by atoms with Gasteiger partial charge in [-0.25, -0.2) is 4.79 Å². The molecule has 2 heterocycles. The summed E-state index contributed by atoms with van der Waals surface area (Å²) in [5, 5.41) is 8.66. The lowest BCUT2D eigenvalue weighted by Gasteiger charge is -2.22. The largest absolute Gasteiger partial charge is 0.490 e. The lowest BCUT2D eigenvalue weighted by molar-refractivity contribution is -0.135.